The average molecular weight is 194 g/mol. The van der Waals surface area contributed by atoms with Gasteiger partial charge in [-0.05, 0) is 25.5 Å². The molecule has 0 saturated heterocycles. The highest BCUT2D eigenvalue weighted by atomic mass is 16.6. The summed E-state index contributed by atoms with van der Waals surface area (Å²) in [6.45, 7) is 2.30. The summed E-state index contributed by atoms with van der Waals surface area (Å²) in [6.07, 6.45) is 2.76. The number of rotatable bonds is 5. The molecule has 4 heteroatoms. The lowest BCUT2D eigenvalue weighted by molar-refractivity contribution is -0.133. The number of carbonyl (C=O) groups excluding carboxylic acids is 1. The molecule has 1 N–H and O–H groups in total. The van der Waals surface area contributed by atoms with E-state index in [2.05, 4.69) is 10.5 Å². The van der Waals surface area contributed by atoms with E-state index in [4.69, 9.17) is 4.84 Å². The number of amides is 1. The van der Waals surface area contributed by atoms with Crippen molar-refractivity contribution in [3.8, 4) is 0 Å². The third kappa shape index (κ3) is 4.00. The predicted molar refractivity (Wildman–Crippen MR) is 52.3 cm³/mol. The van der Waals surface area contributed by atoms with Gasteiger partial charge in [-0.3, -0.25) is 14.6 Å². The zero-order valence-corrected chi connectivity index (χ0v) is 8.19. The summed E-state index contributed by atoms with van der Waals surface area (Å²) in [5, 5.41) is 0. The van der Waals surface area contributed by atoms with E-state index < -0.39 is 0 Å². The van der Waals surface area contributed by atoms with Gasteiger partial charge in [-0.15, -0.1) is 0 Å². The van der Waals surface area contributed by atoms with Crippen molar-refractivity contribution >= 4 is 5.91 Å². The maximum atomic E-state index is 11.1. The maximum absolute atomic E-state index is 11.1. The van der Waals surface area contributed by atoms with Gasteiger partial charge < -0.3 is 0 Å². The molecule has 1 aromatic heterocycles. The van der Waals surface area contributed by atoms with Gasteiger partial charge in [0.25, 0.3) is 0 Å². The standard InChI is InChI=1S/C10H14N2O2/c1-2-14-12-10(13)7-6-9-5-3-4-8-11-9/h3-5,8H,2,6-7H2,1H3,(H,12,13). The zero-order valence-electron chi connectivity index (χ0n) is 8.19. The monoisotopic (exact) mass is 194 g/mol. The van der Waals surface area contributed by atoms with Gasteiger partial charge in [-0.1, -0.05) is 6.07 Å². The Morgan fingerprint density at radius 3 is 3.07 bits per heavy atom. The molecule has 0 spiro atoms. The van der Waals surface area contributed by atoms with Gasteiger partial charge in [-0.2, -0.15) is 0 Å². The molecule has 0 atom stereocenters. The van der Waals surface area contributed by atoms with E-state index in [9.17, 15) is 4.79 Å². The van der Waals surface area contributed by atoms with Crippen molar-refractivity contribution < 1.29 is 9.63 Å². The minimum Gasteiger partial charge on any atom is -0.274 e. The highest BCUT2D eigenvalue weighted by molar-refractivity contribution is 5.74. The topological polar surface area (TPSA) is 51.2 Å². The average Bonchev–Trinajstić information content (AvgIpc) is 2.25. The fourth-order valence-electron chi connectivity index (χ4n) is 0.991. The molecule has 0 fully saturated rings. The number of aryl methyl sites for hydroxylation is 1. The Morgan fingerprint density at radius 2 is 2.43 bits per heavy atom. The Balaban J connectivity index is 2.24. The van der Waals surface area contributed by atoms with Crippen LogP contribution in [-0.4, -0.2) is 17.5 Å². The molecule has 1 heterocycles. The van der Waals surface area contributed by atoms with Crippen molar-refractivity contribution in [2.75, 3.05) is 6.61 Å². The first-order valence-electron chi connectivity index (χ1n) is 4.63. The number of hydroxylamine groups is 1. The molecule has 76 valence electrons. The number of pyridine rings is 1. The first-order chi connectivity index (χ1) is 6.83. The Morgan fingerprint density at radius 1 is 1.57 bits per heavy atom. The summed E-state index contributed by atoms with van der Waals surface area (Å²) in [7, 11) is 0. The lowest BCUT2D eigenvalue weighted by Crippen LogP contribution is -2.23. The second-order valence-corrected chi connectivity index (χ2v) is 2.78. The molecular formula is C10H14N2O2. The lowest BCUT2D eigenvalue weighted by atomic mass is 10.2. The highest BCUT2D eigenvalue weighted by Gasteiger charge is 2.01. The van der Waals surface area contributed by atoms with Crippen LogP contribution in [-0.2, 0) is 16.1 Å². The number of nitrogens with zero attached hydrogens (tertiary/aromatic N) is 1. The van der Waals surface area contributed by atoms with E-state index in [0.717, 1.165) is 5.69 Å². The highest BCUT2D eigenvalue weighted by Crippen LogP contribution is 1.97. The third-order valence-electron chi connectivity index (χ3n) is 1.66. The van der Waals surface area contributed by atoms with Crippen LogP contribution < -0.4 is 5.48 Å². The van der Waals surface area contributed by atoms with Crippen LogP contribution in [0.5, 0.6) is 0 Å². The van der Waals surface area contributed by atoms with E-state index in [-0.39, 0.29) is 5.91 Å². The second kappa shape index (κ2) is 6.10. The van der Waals surface area contributed by atoms with Crippen LogP contribution in [0.3, 0.4) is 0 Å². The quantitative estimate of drug-likeness (QED) is 0.714. The molecular weight excluding hydrogens is 180 g/mol. The molecule has 0 aliphatic carbocycles. The van der Waals surface area contributed by atoms with Crippen molar-refractivity contribution in [3.63, 3.8) is 0 Å². The molecule has 4 nitrogen and oxygen atoms in total. The maximum Gasteiger partial charge on any atom is 0.243 e. The summed E-state index contributed by atoms with van der Waals surface area (Å²) in [5.41, 5.74) is 3.25. The predicted octanol–water partition coefficient (Wildman–Crippen LogP) is 1.08. The van der Waals surface area contributed by atoms with Gasteiger partial charge >= 0.3 is 0 Å². The zero-order chi connectivity index (χ0) is 10.2. The molecule has 0 saturated carbocycles. The second-order valence-electron chi connectivity index (χ2n) is 2.78. The van der Waals surface area contributed by atoms with Gasteiger partial charge in [0.05, 0.1) is 6.61 Å². The minimum atomic E-state index is -0.113. The van der Waals surface area contributed by atoms with Crippen molar-refractivity contribution in [1.29, 1.82) is 0 Å². The van der Waals surface area contributed by atoms with Crippen molar-refractivity contribution in [1.82, 2.24) is 10.5 Å². The van der Waals surface area contributed by atoms with E-state index in [1.54, 1.807) is 6.20 Å². The molecule has 0 bridgehead atoms. The van der Waals surface area contributed by atoms with Gasteiger partial charge in [0.1, 0.15) is 0 Å². The molecule has 0 unspecified atom stereocenters. The fraction of sp³-hybridized carbons (Fsp3) is 0.400. The van der Waals surface area contributed by atoms with E-state index >= 15 is 0 Å². The largest absolute Gasteiger partial charge is 0.274 e. The summed E-state index contributed by atoms with van der Waals surface area (Å²) >= 11 is 0. The molecule has 14 heavy (non-hydrogen) atoms. The van der Waals surface area contributed by atoms with Crippen LogP contribution >= 0.6 is 0 Å². The Kier molecular flexibility index (Phi) is 4.64. The molecule has 1 rings (SSSR count). The number of hydrogen-bond donors (Lipinski definition) is 1. The summed E-state index contributed by atoms with van der Waals surface area (Å²) in [6, 6.07) is 5.65. The normalized spacial score (nSPS) is 9.79. The molecule has 1 amide bonds. The molecule has 0 aliphatic heterocycles. The molecule has 0 aliphatic rings. The summed E-state index contributed by atoms with van der Waals surface area (Å²) in [4.78, 5) is 20.0. The Labute approximate surface area is 83.3 Å². The van der Waals surface area contributed by atoms with Gasteiger partial charge in [0, 0.05) is 18.3 Å². The SMILES string of the molecule is CCONC(=O)CCc1ccccn1. The first-order valence-corrected chi connectivity index (χ1v) is 4.63. The van der Waals surface area contributed by atoms with Crippen LogP contribution in [0.1, 0.15) is 19.0 Å². The smallest absolute Gasteiger partial charge is 0.243 e. The number of hydrogen-bond acceptors (Lipinski definition) is 3. The van der Waals surface area contributed by atoms with Gasteiger partial charge in [0.15, 0.2) is 0 Å². The Hall–Kier alpha value is -1.42. The molecule has 0 aromatic carbocycles. The number of aromatic nitrogens is 1. The van der Waals surface area contributed by atoms with E-state index in [1.807, 2.05) is 25.1 Å². The summed E-state index contributed by atoms with van der Waals surface area (Å²) < 4.78 is 0. The van der Waals surface area contributed by atoms with E-state index in [1.165, 1.54) is 0 Å². The molecule has 0 radical (unpaired) electrons. The van der Waals surface area contributed by atoms with Crippen LogP contribution in [0.4, 0.5) is 0 Å². The van der Waals surface area contributed by atoms with Gasteiger partial charge in [-0.25, -0.2) is 5.48 Å². The number of carbonyl (C=O) groups is 1. The van der Waals surface area contributed by atoms with Crippen LogP contribution in [0, 0.1) is 0 Å². The fourth-order valence-corrected chi connectivity index (χ4v) is 0.991. The minimum absolute atomic E-state index is 0.113. The first kappa shape index (κ1) is 10.7. The summed E-state index contributed by atoms with van der Waals surface area (Å²) in [5.74, 6) is -0.113. The van der Waals surface area contributed by atoms with E-state index in [0.29, 0.717) is 19.4 Å². The lowest BCUT2D eigenvalue weighted by Gasteiger charge is -2.02. The third-order valence-corrected chi connectivity index (χ3v) is 1.66. The van der Waals surface area contributed by atoms with Crippen molar-refractivity contribution in [2.24, 2.45) is 0 Å². The van der Waals surface area contributed by atoms with Crippen LogP contribution in [0.15, 0.2) is 24.4 Å². The Bertz CT molecular complexity index is 275. The van der Waals surface area contributed by atoms with Crippen molar-refractivity contribution in [2.45, 2.75) is 19.8 Å². The molecule has 1 aromatic rings. The number of nitrogens with one attached hydrogen (secondary N) is 1. The van der Waals surface area contributed by atoms with Crippen LogP contribution in [0.2, 0.25) is 0 Å². The van der Waals surface area contributed by atoms with Gasteiger partial charge in [0.2, 0.25) is 5.91 Å². The van der Waals surface area contributed by atoms with Crippen molar-refractivity contribution in [3.05, 3.63) is 30.1 Å². The van der Waals surface area contributed by atoms with Crippen LogP contribution in [0.25, 0.3) is 0 Å².